The van der Waals surface area contributed by atoms with E-state index in [0.29, 0.717) is 16.9 Å². The molecule has 22 heavy (non-hydrogen) atoms. The van der Waals surface area contributed by atoms with Crippen molar-refractivity contribution >= 4 is 24.3 Å². The van der Waals surface area contributed by atoms with Crippen molar-refractivity contribution in [3.63, 3.8) is 0 Å². The number of imidazole rings is 1. The number of benzene rings is 1. The van der Waals surface area contributed by atoms with E-state index in [4.69, 9.17) is 9.05 Å². The lowest BCUT2D eigenvalue weighted by atomic mass is 10.3. The molecule has 0 saturated carbocycles. The molecule has 0 saturated heterocycles. The van der Waals surface area contributed by atoms with Gasteiger partial charge in [0.15, 0.2) is 0 Å². The predicted molar refractivity (Wildman–Crippen MR) is 82.0 cm³/mol. The lowest BCUT2D eigenvalue weighted by molar-refractivity contribution is -0.384. The topological polar surface area (TPSA) is 96.5 Å². The number of hydrogen-bond acceptors (Lipinski definition) is 6. The van der Waals surface area contributed by atoms with Crippen molar-refractivity contribution in [1.82, 2.24) is 9.55 Å². The molecule has 2 aromatic rings. The Morgan fingerprint density at radius 2 is 1.95 bits per heavy atom. The van der Waals surface area contributed by atoms with Gasteiger partial charge < -0.3 is 13.6 Å². The van der Waals surface area contributed by atoms with E-state index in [1.165, 1.54) is 12.1 Å². The molecule has 0 aliphatic heterocycles. The van der Waals surface area contributed by atoms with E-state index >= 15 is 0 Å². The Morgan fingerprint density at radius 1 is 1.32 bits per heavy atom. The van der Waals surface area contributed by atoms with Crippen LogP contribution in [0.3, 0.4) is 0 Å². The van der Waals surface area contributed by atoms with Crippen LogP contribution in [0, 0.1) is 17.0 Å². The van der Waals surface area contributed by atoms with Gasteiger partial charge in [-0.3, -0.25) is 14.7 Å². The zero-order valence-corrected chi connectivity index (χ0v) is 13.6. The molecule has 0 N–H and O–H groups in total. The summed E-state index contributed by atoms with van der Waals surface area (Å²) >= 11 is 0. The van der Waals surface area contributed by atoms with Gasteiger partial charge in [-0.25, -0.2) is 4.98 Å². The minimum absolute atomic E-state index is 0.0226. The van der Waals surface area contributed by atoms with Crippen molar-refractivity contribution in [2.75, 3.05) is 13.2 Å². The molecule has 0 aliphatic carbocycles. The summed E-state index contributed by atoms with van der Waals surface area (Å²) in [5, 5.41) is 10.8. The summed E-state index contributed by atoms with van der Waals surface area (Å²) in [5.74, 6) is 0.593. The number of rotatable bonds is 7. The van der Waals surface area contributed by atoms with E-state index in [9.17, 15) is 14.7 Å². The Kier molecular flexibility index (Phi) is 4.95. The van der Waals surface area contributed by atoms with Gasteiger partial charge in [-0.05, 0) is 26.8 Å². The molecule has 8 nitrogen and oxygen atoms in total. The van der Waals surface area contributed by atoms with Gasteiger partial charge >= 0.3 is 7.60 Å². The zero-order chi connectivity index (χ0) is 16.3. The Balaban J connectivity index is 2.44. The monoisotopic (exact) mass is 327 g/mol. The molecule has 0 atom stereocenters. The molecule has 0 spiro atoms. The molecule has 0 aliphatic rings. The summed E-state index contributed by atoms with van der Waals surface area (Å²) in [5.41, 5.74) is 1.10. The van der Waals surface area contributed by atoms with Crippen molar-refractivity contribution < 1.29 is 18.5 Å². The molecule has 120 valence electrons. The van der Waals surface area contributed by atoms with E-state index in [0.717, 1.165) is 0 Å². The lowest BCUT2D eigenvalue weighted by Crippen LogP contribution is -2.06. The smallest absolute Gasteiger partial charge is 0.316 e. The number of nitro benzene ring substituents is 1. The maximum atomic E-state index is 12.7. The van der Waals surface area contributed by atoms with Crippen molar-refractivity contribution in [3.05, 3.63) is 34.1 Å². The van der Waals surface area contributed by atoms with Crippen molar-refractivity contribution in [3.8, 4) is 0 Å². The average Bonchev–Trinajstić information content (AvgIpc) is 2.74. The van der Waals surface area contributed by atoms with E-state index in [1.807, 2.05) is 0 Å². The normalized spacial score (nSPS) is 12.0. The first-order valence-electron chi connectivity index (χ1n) is 6.89. The molecule has 0 amide bonds. The van der Waals surface area contributed by atoms with E-state index in [-0.39, 0.29) is 25.2 Å². The summed E-state index contributed by atoms with van der Waals surface area (Å²) < 4.78 is 24.9. The second-order valence-electron chi connectivity index (χ2n) is 4.61. The average molecular weight is 327 g/mol. The number of nitrogens with zero attached hydrogens (tertiary/aromatic N) is 3. The van der Waals surface area contributed by atoms with Crippen LogP contribution in [0.4, 0.5) is 5.69 Å². The van der Waals surface area contributed by atoms with E-state index in [1.54, 1.807) is 31.4 Å². The lowest BCUT2D eigenvalue weighted by Gasteiger charge is -2.18. The van der Waals surface area contributed by atoms with Gasteiger partial charge in [0.1, 0.15) is 12.1 Å². The molecule has 1 heterocycles. The van der Waals surface area contributed by atoms with Crippen LogP contribution in [0.2, 0.25) is 0 Å². The minimum Gasteiger partial charge on any atom is -0.316 e. The molecular formula is C13H18N3O5P. The largest absolute Gasteiger partial charge is 0.350 e. The van der Waals surface area contributed by atoms with Crippen LogP contribution in [0.5, 0.6) is 0 Å². The van der Waals surface area contributed by atoms with Crippen LogP contribution in [0.15, 0.2) is 18.2 Å². The van der Waals surface area contributed by atoms with Crippen LogP contribution in [0.25, 0.3) is 11.0 Å². The quantitative estimate of drug-likeness (QED) is 0.439. The van der Waals surface area contributed by atoms with Crippen LogP contribution < -0.4 is 0 Å². The fourth-order valence-electron chi connectivity index (χ4n) is 2.22. The van der Waals surface area contributed by atoms with E-state index < -0.39 is 12.5 Å². The first-order chi connectivity index (χ1) is 10.4. The number of nitro groups is 1. The minimum atomic E-state index is -3.28. The maximum Gasteiger partial charge on any atom is 0.350 e. The standard InChI is InChI=1S/C13H18N3O5P/c1-4-20-22(19,21-5-2)9-15-10(3)14-12-8-11(16(17)18)6-7-13(12)15/h6-8H,4-5,9H2,1-3H3. The zero-order valence-electron chi connectivity index (χ0n) is 12.7. The molecule has 0 bridgehead atoms. The third-order valence-corrected chi connectivity index (χ3v) is 5.03. The second kappa shape index (κ2) is 6.56. The van der Waals surface area contributed by atoms with Crippen LogP contribution in [0.1, 0.15) is 19.7 Å². The van der Waals surface area contributed by atoms with Crippen molar-refractivity contribution in [1.29, 1.82) is 0 Å². The molecule has 0 radical (unpaired) electrons. The highest BCUT2D eigenvalue weighted by molar-refractivity contribution is 7.52. The Labute approximate surface area is 127 Å². The molecule has 1 aromatic heterocycles. The van der Waals surface area contributed by atoms with Gasteiger partial charge in [0.2, 0.25) is 0 Å². The van der Waals surface area contributed by atoms with Gasteiger partial charge in [0.25, 0.3) is 5.69 Å². The van der Waals surface area contributed by atoms with Gasteiger partial charge in [0.05, 0.1) is 29.2 Å². The fourth-order valence-corrected chi connectivity index (χ4v) is 3.94. The molecule has 0 fully saturated rings. The number of hydrogen-bond donors (Lipinski definition) is 0. The number of fused-ring (bicyclic) bond motifs is 1. The third-order valence-electron chi connectivity index (χ3n) is 3.10. The second-order valence-corrected chi connectivity index (χ2v) is 6.63. The highest BCUT2D eigenvalue weighted by Gasteiger charge is 2.26. The SMILES string of the molecule is CCOP(=O)(Cn1c(C)nc2cc([N+](=O)[O-])ccc21)OCC. The summed E-state index contributed by atoms with van der Waals surface area (Å²) in [7, 11) is -3.28. The molecule has 1 aromatic carbocycles. The van der Waals surface area contributed by atoms with Crippen LogP contribution >= 0.6 is 7.60 Å². The Hall–Kier alpha value is -1.76. The Bertz CT molecular complexity index is 733. The number of aromatic nitrogens is 2. The summed E-state index contributed by atoms with van der Waals surface area (Å²) in [4.78, 5) is 14.6. The van der Waals surface area contributed by atoms with Gasteiger partial charge in [0, 0.05) is 12.1 Å². The summed E-state index contributed by atoms with van der Waals surface area (Å²) in [6.45, 7) is 5.78. The highest BCUT2D eigenvalue weighted by Crippen LogP contribution is 2.50. The third kappa shape index (κ3) is 3.35. The van der Waals surface area contributed by atoms with Gasteiger partial charge in [-0.1, -0.05) is 0 Å². The highest BCUT2D eigenvalue weighted by atomic mass is 31.2. The van der Waals surface area contributed by atoms with E-state index in [2.05, 4.69) is 4.98 Å². The number of aryl methyl sites for hydroxylation is 1. The van der Waals surface area contributed by atoms with Crippen molar-refractivity contribution in [2.24, 2.45) is 0 Å². The summed E-state index contributed by atoms with van der Waals surface area (Å²) in [6.07, 6.45) is 0.0226. The van der Waals surface area contributed by atoms with Crippen LogP contribution in [-0.4, -0.2) is 27.7 Å². The summed E-state index contributed by atoms with van der Waals surface area (Å²) in [6, 6.07) is 4.38. The van der Waals surface area contributed by atoms with Gasteiger partial charge in [-0.2, -0.15) is 0 Å². The molecule has 0 unspecified atom stereocenters. The molecular weight excluding hydrogens is 309 g/mol. The first-order valence-corrected chi connectivity index (χ1v) is 8.62. The number of non-ortho nitro benzene ring substituents is 1. The van der Waals surface area contributed by atoms with Crippen LogP contribution in [-0.2, 0) is 19.9 Å². The fraction of sp³-hybridized carbons (Fsp3) is 0.462. The van der Waals surface area contributed by atoms with Gasteiger partial charge in [-0.15, -0.1) is 0 Å². The predicted octanol–water partition coefficient (Wildman–Crippen LogP) is 3.48. The first kappa shape index (κ1) is 16.6. The molecule has 2 rings (SSSR count). The molecule has 9 heteroatoms. The van der Waals surface area contributed by atoms with Crippen molar-refractivity contribution in [2.45, 2.75) is 27.1 Å². The maximum absolute atomic E-state index is 12.7. The Morgan fingerprint density at radius 3 is 2.50 bits per heavy atom.